The molecule has 2 aliphatic rings. The van der Waals surface area contributed by atoms with Gasteiger partial charge in [-0.25, -0.2) is 0 Å². The molecule has 4 nitrogen and oxygen atoms in total. The first-order chi connectivity index (χ1) is 17.7. The maximum absolute atomic E-state index is 13.9. The Bertz CT molecular complexity index is 1370. The van der Waals surface area contributed by atoms with Crippen molar-refractivity contribution >= 4 is 11.6 Å². The van der Waals surface area contributed by atoms with E-state index < -0.39 is 11.7 Å². The van der Waals surface area contributed by atoms with Gasteiger partial charge in [0.15, 0.2) is 0 Å². The average Bonchev–Trinajstić information content (AvgIpc) is 3.51. The van der Waals surface area contributed by atoms with E-state index in [1.165, 1.54) is 13.2 Å². The molecule has 0 N–H and O–H groups in total. The number of nitrogens with zero attached hydrogens (tertiary/aromatic N) is 2. The summed E-state index contributed by atoms with van der Waals surface area (Å²) in [6.45, 7) is 0.562. The highest BCUT2D eigenvalue weighted by molar-refractivity contribution is 5.97. The van der Waals surface area contributed by atoms with Crippen molar-refractivity contribution in [1.29, 1.82) is 5.26 Å². The molecule has 0 bridgehead atoms. The number of anilines is 1. The van der Waals surface area contributed by atoms with E-state index in [0.29, 0.717) is 30.5 Å². The molecule has 0 atom stereocenters. The monoisotopic (exact) mass is 504 g/mol. The van der Waals surface area contributed by atoms with Gasteiger partial charge in [-0.1, -0.05) is 37.1 Å². The van der Waals surface area contributed by atoms with Crippen LogP contribution in [0.3, 0.4) is 0 Å². The molecule has 7 heteroatoms. The van der Waals surface area contributed by atoms with Crippen molar-refractivity contribution in [3.8, 4) is 22.9 Å². The summed E-state index contributed by atoms with van der Waals surface area (Å²) in [4.78, 5) is 15.2. The third-order valence-electron chi connectivity index (χ3n) is 7.73. The van der Waals surface area contributed by atoms with E-state index >= 15 is 0 Å². The van der Waals surface area contributed by atoms with Crippen LogP contribution in [0.25, 0.3) is 11.1 Å². The van der Waals surface area contributed by atoms with Crippen molar-refractivity contribution in [3.63, 3.8) is 0 Å². The number of ether oxygens (including phenoxy) is 1. The molecule has 190 valence electrons. The third-order valence-corrected chi connectivity index (χ3v) is 7.73. The molecular weight excluding hydrogens is 477 g/mol. The highest BCUT2D eigenvalue weighted by Gasteiger charge is 2.46. The Morgan fingerprint density at radius 3 is 2.43 bits per heavy atom. The van der Waals surface area contributed by atoms with Gasteiger partial charge in [-0.3, -0.25) is 4.79 Å². The van der Waals surface area contributed by atoms with E-state index in [9.17, 15) is 18.0 Å². The lowest BCUT2D eigenvalue weighted by atomic mass is 9.79. The zero-order valence-electron chi connectivity index (χ0n) is 20.6. The van der Waals surface area contributed by atoms with E-state index in [4.69, 9.17) is 10.00 Å². The molecule has 37 heavy (non-hydrogen) atoms. The predicted octanol–water partition coefficient (Wildman–Crippen LogP) is 7.04. The summed E-state index contributed by atoms with van der Waals surface area (Å²) >= 11 is 0. The number of methoxy groups -OCH3 is 1. The molecule has 1 aliphatic carbocycles. The van der Waals surface area contributed by atoms with Crippen LogP contribution in [0, 0.1) is 11.3 Å². The topological polar surface area (TPSA) is 53.3 Å². The first-order valence-corrected chi connectivity index (χ1v) is 12.4. The van der Waals surface area contributed by atoms with Gasteiger partial charge in [0.25, 0.3) is 0 Å². The van der Waals surface area contributed by atoms with Crippen molar-refractivity contribution < 1.29 is 22.7 Å². The lowest BCUT2D eigenvalue weighted by Gasteiger charge is -2.25. The number of carbonyl (C=O) groups is 1. The molecule has 1 amide bonds. The molecule has 5 rings (SSSR count). The molecule has 0 unspecified atom stereocenters. The Morgan fingerprint density at radius 2 is 1.78 bits per heavy atom. The summed E-state index contributed by atoms with van der Waals surface area (Å²) in [5, 5.41) is 8.98. The molecular formula is C30H27F3N2O2. The Hall–Kier alpha value is -3.79. The second kappa shape index (κ2) is 9.59. The van der Waals surface area contributed by atoms with Gasteiger partial charge in [-0.2, -0.15) is 18.4 Å². The fourth-order valence-corrected chi connectivity index (χ4v) is 5.81. The van der Waals surface area contributed by atoms with Gasteiger partial charge >= 0.3 is 6.18 Å². The summed E-state index contributed by atoms with van der Waals surface area (Å²) < 4.78 is 46.8. The van der Waals surface area contributed by atoms with Crippen molar-refractivity contribution in [3.05, 3.63) is 82.9 Å². The van der Waals surface area contributed by atoms with Crippen molar-refractivity contribution in [2.45, 2.75) is 50.1 Å². The number of carbonyl (C=O) groups excluding carboxylic acids is 1. The number of fused-ring (bicyclic) bond motifs is 2. The first-order valence-electron chi connectivity index (χ1n) is 12.4. The molecule has 3 aromatic carbocycles. The van der Waals surface area contributed by atoms with Gasteiger partial charge in [0, 0.05) is 24.1 Å². The zero-order chi connectivity index (χ0) is 26.2. The first kappa shape index (κ1) is 24.9. The second-order valence-corrected chi connectivity index (χ2v) is 9.92. The van der Waals surface area contributed by atoms with E-state index in [2.05, 4.69) is 6.07 Å². The summed E-state index contributed by atoms with van der Waals surface area (Å²) in [6, 6.07) is 18.7. The molecule has 0 aromatic heterocycles. The molecule has 3 aromatic rings. The van der Waals surface area contributed by atoms with Gasteiger partial charge < -0.3 is 9.64 Å². The van der Waals surface area contributed by atoms with Gasteiger partial charge in [0.1, 0.15) is 5.75 Å². The number of amides is 1. The van der Waals surface area contributed by atoms with Gasteiger partial charge in [0.05, 0.1) is 24.3 Å². The summed E-state index contributed by atoms with van der Waals surface area (Å²) in [6.07, 6.45) is 0.249. The number of halogens is 3. The fraction of sp³-hybridized carbons (Fsp3) is 0.333. The lowest BCUT2D eigenvalue weighted by molar-refractivity contribution is -0.137. The Morgan fingerprint density at radius 1 is 1.05 bits per heavy atom. The Kier molecular flexibility index (Phi) is 6.45. The maximum Gasteiger partial charge on any atom is 0.417 e. The molecule has 0 radical (unpaired) electrons. The predicted molar refractivity (Wildman–Crippen MR) is 135 cm³/mol. The van der Waals surface area contributed by atoms with Gasteiger partial charge in [0.2, 0.25) is 5.91 Å². The van der Waals surface area contributed by atoms with Crippen molar-refractivity contribution in [2.24, 2.45) is 0 Å². The van der Waals surface area contributed by atoms with Crippen molar-refractivity contribution in [1.82, 2.24) is 0 Å². The summed E-state index contributed by atoms with van der Waals surface area (Å²) in [7, 11) is 1.35. The average molecular weight is 505 g/mol. The largest absolute Gasteiger partial charge is 0.497 e. The SMILES string of the molecule is COc1ccc(-c2ccc3c(c2)C2(CCCC2)CN3C(=O)CCc2ccc(C#N)cc2)c(C(F)(F)F)c1. The van der Waals surface area contributed by atoms with Crippen LogP contribution in [0.4, 0.5) is 18.9 Å². The number of alkyl halides is 3. The number of aryl methyl sites for hydroxylation is 1. The van der Waals surface area contributed by atoms with Crippen molar-refractivity contribution in [2.75, 3.05) is 18.6 Å². The molecule has 0 saturated heterocycles. The number of nitriles is 1. The van der Waals surface area contributed by atoms with Crippen LogP contribution in [0.15, 0.2) is 60.7 Å². The summed E-state index contributed by atoms with van der Waals surface area (Å²) in [5.41, 5.74) is 2.98. The molecule has 1 heterocycles. The number of hydrogen-bond donors (Lipinski definition) is 0. The number of benzene rings is 3. The Balaban J connectivity index is 1.47. The van der Waals surface area contributed by atoms with Crippen LogP contribution in [0.1, 0.15) is 54.4 Å². The van der Waals surface area contributed by atoms with E-state index in [1.807, 2.05) is 29.2 Å². The zero-order valence-corrected chi connectivity index (χ0v) is 20.6. The number of rotatable bonds is 5. The van der Waals surface area contributed by atoms with Crippen LogP contribution < -0.4 is 9.64 Å². The minimum Gasteiger partial charge on any atom is -0.497 e. The fourth-order valence-electron chi connectivity index (χ4n) is 5.81. The quantitative estimate of drug-likeness (QED) is 0.374. The van der Waals surface area contributed by atoms with E-state index in [-0.39, 0.29) is 22.6 Å². The second-order valence-electron chi connectivity index (χ2n) is 9.92. The maximum atomic E-state index is 13.9. The molecule has 1 saturated carbocycles. The smallest absolute Gasteiger partial charge is 0.417 e. The highest BCUT2D eigenvalue weighted by atomic mass is 19.4. The third kappa shape index (κ3) is 4.69. The van der Waals surface area contributed by atoms with Gasteiger partial charge in [-0.15, -0.1) is 0 Å². The summed E-state index contributed by atoms with van der Waals surface area (Å²) in [5.74, 6) is 0.158. The number of hydrogen-bond acceptors (Lipinski definition) is 3. The van der Waals surface area contributed by atoms with Crippen LogP contribution in [-0.4, -0.2) is 19.6 Å². The van der Waals surface area contributed by atoms with Crippen LogP contribution in [-0.2, 0) is 22.8 Å². The molecule has 1 fully saturated rings. The van der Waals surface area contributed by atoms with Crippen LogP contribution in [0.5, 0.6) is 5.75 Å². The highest BCUT2D eigenvalue weighted by Crippen LogP contribution is 2.52. The minimum atomic E-state index is -4.53. The lowest BCUT2D eigenvalue weighted by Crippen LogP contribution is -2.35. The normalized spacial score (nSPS) is 16.0. The van der Waals surface area contributed by atoms with E-state index in [1.54, 1.807) is 24.3 Å². The van der Waals surface area contributed by atoms with E-state index in [0.717, 1.165) is 48.6 Å². The molecule has 1 spiro atoms. The molecule has 1 aliphatic heterocycles. The van der Waals surface area contributed by atoms with Gasteiger partial charge in [-0.05, 0) is 77.9 Å². The van der Waals surface area contributed by atoms with Crippen LogP contribution >= 0.6 is 0 Å². The standard InChI is InChI=1S/C30H27F3N2O2/c1-37-23-10-11-24(25(17-23)30(31,32)33)22-9-12-27-26(16-22)29(14-2-3-15-29)19-35(27)28(36)13-8-20-4-6-21(18-34)7-5-20/h4-7,9-12,16-17H,2-3,8,13-15,19H2,1H3. The Labute approximate surface area is 214 Å². The minimum absolute atomic E-state index is 0.00237. The van der Waals surface area contributed by atoms with Crippen LogP contribution in [0.2, 0.25) is 0 Å².